The first kappa shape index (κ1) is 16.5. The SMILES string of the molecule is CSc1cnc(NCc2nccn2CCCc2ccccc2)nc1. The molecule has 3 rings (SSSR count). The van der Waals surface area contributed by atoms with Gasteiger partial charge in [-0.2, -0.15) is 0 Å². The van der Waals surface area contributed by atoms with E-state index in [4.69, 9.17) is 0 Å². The van der Waals surface area contributed by atoms with Crippen molar-refractivity contribution >= 4 is 17.7 Å². The highest BCUT2D eigenvalue weighted by Gasteiger charge is 2.04. The molecule has 0 atom stereocenters. The van der Waals surface area contributed by atoms with Gasteiger partial charge in [-0.3, -0.25) is 0 Å². The molecule has 24 heavy (non-hydrogen) atoms. The zero-order chi connectivity index (χ0) is 16.6. The molecule has 2 aromatic heterocycles. The maximum atomic E-state index is 4.43. The zero-order valence-electron chi connectivity index (χ0n) is 13.7. The summed E-state index contributed by atoms with van der Waals surface area (Å²) in [5.41, 5.74) is 1.37. The predicted octanol–water partition coefficient (Wildman–Crippen LogP) is 3.64. The molecule has 0 bridgehead atoms. The van der Waals surface area contributed by atoms with Crippen molar-refractivity contribution in [3.63, 3.8) is 0 Å². The van der Waals surface area contributed by atoms with Crippen LogP contribution in [0.1, 0.15) is 17.8 Å². The van der Waals surface area contributed by atoms with Crippen LogP contribution in [0.3, 0.4) is 0 Å². The van der Waals surface area contributed by atoms with Crippen molar-refractivity contribution < 1.29 is 0 Å². The Morgan fingerprint density at radius 2 is 1.88 bits per heavy atom. The van der Waals surface area contributed by atoms with E-state index >= 15 is 0 Å². The van der Waals surface area contributed by atoms with E-state index in [1.807, 2.05) is 31.0 Å². The Morgan fingerprint density at radius 1 is 1.08 bits per heavy atom. The van der Waals surface area contributed by atoms with Crippen LogP contribution in [0.25, 0.3) is 0 Å². The lowest BCUT2D eigenvalue weighted by Gasteiger charge is -2.09. The molecule has 6 heteroatoms. The number of nitrogens with one attached hydrogen (secondary N) is 1. The molecule has 0 saturated heterocycles. The number of aryl methyl sites for hydroxylation is 2. The van der Waals surface area contributed by atoms with Gasteiger partial charge in [-0.1, -0.05) is 30.3 Å². The van der Waals surface area contributed by atoms with E-state index in [0.717, 1.165) is 30.1 Å². The second kappa shape index (κ2) is 8.49. The lowest BCUT2D eigenvalue weighted by Crippen LogP contribution is -2.10. The summed E-state index contributed by atoms with van der Waals surface area (Å²) >= 11 is 1.63. The van der Waals surface area contributed by atoms with Crippen LogP contribution in [0.5, 0.6) is 0 Å². The molecule has 5 nitrogen and oxygen atoms in total. The number of anilines is 1. The lowest BCUT2D eigenvalue weighted by molar-refractivity contribution is 0.615. The van der Waals surface area contributed by atoms with Crippen LogP contribution >= 0.6 is 11.8 Å². The average molecular weight is 339 g/mol. The summed E-state index contributed by atoms with van der Waals surface area (Å²) in [4.78, 5) is 14.1. The number of rotatable bonds is 8. The van der Waals surface area contributed by atoms with E-state index in [-0.39, 0.29) is 0 Å². The number of benzene rings is 1. The first-order valence-corrected chi connectivity index (χ1v) is 9.21. The van der Waals surface area contributed by atoms with Gasteiger partial charge in [-0.05, 0) is 24.7 Å². The highest BCUT2D eigenvalue weighted by atomic mass is 32.2. The van der Waals surface area contributed by atoms with Crippen LogP contribution in [0.15, 0.2) is 60.0 Å². The van der Waals surface area contributed by atoms with Gasteiger partial charge in [0.15, 0.2) is 0 Å². The summed E-state index contributed by atoms with van der Waals surface area (Å²) in [6, 6.07) is 10.6. The van der Waals surface area contributed by atoms with Gasteiger partial charge < -0.3 is 9.88 Å². The van der Waals surface area contributed by atoms with E-state index < -0.39 is 0 Å². The fraction of sp³-hybridized carbons (Fsp3) is 0.278. The van der Waals surface area contributed by atoms with Gasteiger partial charge in [0, 0.05) is 36.2 Å². The van der Waals surface area contributed by atoms with Crippen molar-refractivity contribution in [2.24, 2.45) is 0 Å². The fourth-order valence-corrected chi connectivity index (χ4v) is 2.80. The Balaban J connectivity index is 1.51. The molecule has 3 aromatic rings. The van der Waals surface area contributed by atoms with Crippen molar-refractivity contribution in [1.82, 2.24) is 19.5 Å². The minimum Gasteiger partial charge on any atom is -0.347 e. The third-order valence-electron chi connectivity index (χ3n) is 3.78. The van der Waals surface area contributed by atoms with Crippen LogP contribution in [0.2, 0.25) is 0 Å². The normalized spacial score (nSPS) is 10.7. The average Bonchev–Trinajstić information content (AvgIpc) is 3.09. The van der Waals surface area contributed by atoms with Crippen molar-refractivity contribution in [1.29, 1.82) is 0 Å². The van der Waals surface area contributed by atoms with Crippen LogP contribution < -0.4 is 5.32 Å². The van der Waals surface area contributed by atoms with Crippen molar-refractivity contribution in [3.05, 3.63) is 66.5 Å². The molecule has 0 fully saturated rings. The molecule has 1 N–H and O–H groups in total. The number of hydrogen-bond acceptors (Lipinski definition) is 5. The molecule has 0 unspecified atom stereocenters. The van der Waals surface area contributed by atoms with Gasteiger partial charge in [-0.15, -0.1) is 11.8 Å². The molecule has 0 radical (unpaired) electrons. The van der Waals surface area contributed by atoms with E-state index in [1.165, 1.54) is 5.56 Å². The summed E-state index contributed by atoms with van der Waals surface area (Å²) in [7, 11) is 0. The van der Waals surface area contributed by atoms with Crippen molar-refractivity contribution in [3.8, 4) is 0 Å². The van der Waals surface area contributed by atoms with Crippen molar-refractivity contribution in [2.45, 2.75) is 30.8 Å². The topological polar surface area (TPSA) is 55.6 Å². The molecule has 0 aliphatic rings. The highest BCUT2D eigenvalue weighted by molar-refractivity contribution is 7.98. The summed E-state index contributed by atoms with van der Waals surface area (Å²) < 4.78 is 2.19. The van der Waals surface area contributed by atoms with Gasteiger partial charge in [-0.25, -0.2) is 15.0 Å². The molecule has 0 aliphatic heterocycles. The Morgan fingerprint density at radius 3 is 2.62 bits per heavy atom. The Kier molecular flexibility index (Phi) is 5.85. The molecule has 124 valence electrons. The van der Waals surface area contributed by atoms with Gasteiger partial charge in [0.1, 0.15) is 5.82 Å². The minimum atomic E-state index is 0.622. The number of imidazole rings is 1. The zero-order valence-corrected chi connectivity index (χ0v) is 14.5. The fourth-order valence-electron chi connectivity index (χ4n) is 2.48. The van der Waals surface area contributed by atoms with Crippen LogP contribution in [-0.2, 0) is 19.5 Å². The summed E-state index contributed by atoms with van der Waals surface area (Å²) in [6.45, 7) is 1.58. The predicted molar refractivity (Wildman–Crippen MR) is 98.1 cm³/mol. The number of thioether (sulfide) groups is 1. The Hall–Kier alpha value is -2.34. The van der Waals surface area contributed by atoms with Crippen molar-refractivity contribution in [2.75, 3.05) is 11.6 Å². The first-order valence-electron chi connectivity index (χ1n) is 7.99. The summed E-state index contributed by atoms with van der Waals surface area (Å²) in [5, 5.41) is 3.23. The van der Waals surface area contributed by atoms with Gasteiger partial charge in [0.2, 0.25) is 5.95 Å². The second-order valence-corrected chi connectivity index (χ2v) is 6.31. The number of hydrogen-bond donors (Lipinski definition) is 1. The van der Waals surface area contributed by atoms with E-state index in [2.05, 4.69) is 55.2 Å². The van der Waals surface area contributed by atoms with E-state index in [1.54, 1.807) is 11.8 Å². The lowest BCUT2D eigenvalue weighted by atomic mass is 10.1. The number of nitrogens with zero attached hydrogens (tertiary/aromatic N) is 4. The smallest absolute Gasteiger partial charge is 0.223 e. The maximum absolute atomic E-state index is 4.43. The highest BCUT2D eigenvalue weighted by Crippen LogP contribution is 2.12. The van der Waals surface area contributed by atoms with Gasteiger partial charge >= 0.3 is 0 Å². The Labute approximate surface area is 146 Å². The number of aromatic nitrogens is 4. The van der Waals surface area contributed by atoms with Crippen LogP contribution in [0.4, 0.5) is 5.95 Å². The maximum Gasteiger partial charge on any atom is 0.223 e. The molecule has 0 amide bonds. The molecular weight excluding hydrogens is 318 g/mol. The van der Waals surface area contributed by atoms with Gasteiger partial charge in [0.05, 0.1) is 6.54 Å². The van der Waals surface area contributed by atoms with Crippen LogP contribution in [-0.4, -0.2) is 25.8 Å². The molecule has 0 spiro atoms. The van der Waals surface area contributed by atoms with Gasteiger partial charge in [0.25, 0.3) is 0 Å². The van der Waals surface area contributed by atoms with Crippen LogP contribution in [0, 0.1) is 0 Å². The first-order chi connectivity index (χ1) is 11.8. The molecule has 1 aromatic carbocycles. The molecule has 0 saturated carbocycles. The molecular formula is C18H21N5S. The summed E-state index contributed by atoms with van der Waals surface area (Å²) in [6.07, 6.45) is 11.7. The summed E-state index contributed by atoms with van der Waals surface area (Å²) in [5.74, 6) is 1.63. The Bertz CT molecular complexity index is 740. The van der Waals surface area contributed by atoms with E-state index in [0.29, 0.717) is 12.5 Å². The third kappa shape index (κ3) is 4.58. The third-order valence-corrected chi connectivity index (χ3v) is 4.46. The van der Waals surface area contributed by atoms with E-state index in [9.17, 15) is 0 Å². The largest absolute Gasteiger partial charge is 0.347 e. The minimum absolute atomic E-state index is 0.622. The molecule has 2 heterocycles. The molecule has 0 aliphatic carbocycles. The monoisotopic (exact) mass is 339 g/mol. The quantitative estimate of drug-likeness (QED) is 0.635. The standard InChI is InChI=1S/C18H21N5S/c1-24-16-12-20-18(21-13-16)22-14-17-19-9-11-23(17)10-5-8-15-6-3-2-4-7-15/h2-4,6-7,9,11-13H,5,8,10,14H2,1H3,(H,20,21,22). The second-order valence-electron chi connectivity index (χ2n) is 5.43.